The molecule has 0 radical (unpaired) electrons. The van der Waals surface area contributed by atoms with E-state index in [4.69, 9.17) is 0 Å². The van der Waals surface area contributed by atoms with Crippen molar-refractivity contribution in [1.82, 2.24) is 13.5 Å². The molecule has 0 aliphatic rings. The third-order valence-corrected chi connectivity index (χ3v) is 11.9. The summed E-state index contributed by atoms with van der Waals surface area (Å²) in [5, 5.41) is 13.7. The van der Waals surface area contributed by atoms with Crippen molar-refractivity contribution < 1.29 is 0 Å². The summed E-state index contributed by atoms with van der Waals surface area (Å²) in [5.74, 6) is 0. The standard InChI is InChI=1S/C51H33N3/c1-3-34-37-17-7-12-22-46(37)54-47-27-24-32-28-48-42(30-41(32)50(47)35(4-2)51(34)54)39-19-9-10-20-44(39)52(48)33-25-26-40-38-18-8-11-21-45(38)53(49(40)29-33)43-23-13-15-31-14-5-6-16-36(31)43/h3-30H,2H2,1H3/b34-3-. The Morgan fingerprint density at radius 3 is 1.89 bits per heavy atom. The molecule has 252 valence electrons. The van der Waals surface area contributed by atoms with Crippen LogP contribution in [0.3, 0.4) is 0 Å². The van der Waals surface area contributed by atoms with Crippen molar-refractivity contribution >= 4 is 105 Å². The maximum absolute atomic E-state index is 4.36. The molecule has 0 saturated heterocycles. The fourth-order valence-electron chi connectivity index (χ4n) is 9.67. The minimum atomic E-state index is 1.14. The van der Waals surface area contributed by atoms with Crippen LogP contribution in [-0.2, 0) is 0 Å². The van der Waals surface area contributed by atoms with Crippen LogP contribution in [0.4, 0.5) is 0 Å². The molecule has 0 spiro atoms. The third kappa shape index (κ3) is 3.70. The van der Waals surface area contributed by atoms with Crippen LogP contribution in [0.1, 0.15) is 12.5 Å². The Morgan fingerprint density at radius 2 is 1.09 bits per heavy atom. The van der Waals surface area contributed by atoms with Gasteiger partial charge in [-0.1, -0.05) is 122 Å². The molecule has 8 aromatic carbocycles. The van der Waals surface area contributed by atoms with Gasteiger partial charge in [-0.2, -0.15) is 0 Å². The molecule has 0 bridgehead atoms. The van der Waals surface area contributed by atoms with Crippen molar-refractivity contribution in [2.75, 3.05) is 0 Å². The molecule has 0 atom stereocenters. The Morgan fingerprint density at radius 1 is 0.444 bits per heavy atom. The Hall–Kier alpha value is -7.10. The number of fused-ring (bicyclic) bond motifs is 14. The summed E-state index contributed by atoms with van der Waals surface area (Å²) < 4.78 is 7.35. The first kappa shape index (κ1) is 29.5. The molecule has 54 heavy (non-hydrogen) atoms. The lowest BCUT2D eigenvalue weighted by molar-refractivity contribution is 1.16. The highest BCUT2D eigenvalue weighted by atomic mass is 15.0. The number of nitrogens with zero attached hydrogens (tertiary/aromatic N) is 3. The monoisotopic (exact) mass is 687 g/mol. The lowest BCUT2D eigenvalue weighted by Crippen LogP contribution is -1.98. The van der Waals surface area contributed by atoms with Gasteiger partial charge in [0.25, 0.3) is 0 Å². The molecule has 3 heteroatoms. The Labute approximate surface area is 310 Å². The predicted octanol–water partition coefficient (Wildman–Crippen LogP) is 12.9. The van der Waals surface area contributed by atoms with Crippen molar-refractivity contribution in [2.45, 2.75) is 6.92 Å². The molecular formula is C51H33N3. The normalized spacial score (nSPS) is 12.7. The largest absolute Gasteiger partial charge is 0.309 e. The van der Waals surface area contributed by atoms with Crippen LogP contribution in [-0.4, -0.2) is 13.5 Å². The smallest absolute Gasteiger partial charge is 0.0617 e. The zero-order chi connectivity index (χ0) is 35.7. The number of para-hydroxylation sites is 3. The van der Waals surface area contributed by atoms with E-state index in [1.54, 1.807) is 0 Å². The molecule has 4 aromatic heterocycles. The molecule has 0 aliphatic heterocycles. The molecule has 0 aliphatic carbocycles. The lowest BCUT2D eigenvalue weighted by atomic mass is 9.99. The van der Waals surface area contributed by atoms with Gasteiger partial charge >= 0.3 is 0 Å². The quantitative estimate of drug-likeness (QED) is 0.176. The first-order valence-corrected chi connectivity index (χ1v) is 18.7. The van der Waals surface area contributed by atoms with Crippen molar-refractivity contribution in [2.24, 2.45) is 0 Å². The summed E-state index contributed by atoms with van der Waals surface area (Å²) in [6, 6.07) is 58.1. The van der Waals surface area contributed by atoms with Gasteiger partial charge in [-0.3, -0.25) is 0 Å². The van der Waals surface area contributed by atoms with Gasteiger partial charge in [-0.15, -0.1) is 0 Å². The Bertz CT molecular complexity index is 3640. The van der Waals surface area contributed by atoms with Gasteiger partial charge in [0.1, 0.15) is 0 Å². The van der Waals surface area contributed by atoms with Gasteiger partial charge in [0, 0.05) is 54.2 Å². The molecular weight excluding hydrogens is 655 g/mol. The first-order chi connectivity index (χ1) is 26.7. The van der Waals surface area contributed by atoms with E-state index in [9.17, 15) is 0 Å². The second-order valence-corrected chi connectivity index (χ2v) is 14.5. The number of hydrogen-bond acceptors (Lipinski definition) is 0. The van der Waals surface area contributed by atoms with E-state index in [-0.39, 0.29) is 0 Å². The van der Waals surface area contributed by atoms with E-state index < -0.39 is 0 Å². The molecule has 4 heterocycles. The summed E-state index contributed by atoms with van der Waals surface area (Å²) in [5.41, 5.74) is 12.0. The minimum Gasteiger partial charge on any atom is -0.309 e. The second kappa shape index (κ2) is 10.7. The van der Waals surface area contributed by atoms with Crippen LogP contribution in [0.15, 0.2) is 164 Å². The highest BCUT2D eigenvalue weighted by Gasteiger charge is 2.21. The van der Waals surface area contributed by atoms with Gasteiger partial charge in [-0.05, 0) is 77.7 Å². The fourth-order valence-corrected chi connectivity index (χ4v) is 9.67. The van der Waals surface area contributed by atoms with Crippen LogP contribution in [0.25, 0.3) is 116 Å². The molecule has 12 aromatic rings. The highest BCUT2D eigenvalue weighted by molar-refractivity contribution is 6.22. The molecule has 12 rings (SSSR count). The maximum atomic E-state index is 4.36. The first-order valence-electron chi connectivity index (χ1n) is 18.7. The molecule has 3 nitrogen and oxygen atoms in total. The molecule has 0 fully saturated rings. The SMILES string of the molecule is C=Cc1c2c3cc4c5ccccc5n(-c5ccc6c7ccccc7n(-c7cccc8ccccc78)c6c5)c4cc3ccc2n2c1/c(=C\C)c1ccccc12. The summed E-state index contributed by atoms with van der Waals surface area (Å²) in [6.07, 6.45) is 4.30. The minimum absolute atomic E-state index is 1.14. The van der Waals surface area contributed by atoms with Crippen molar-refractivity contribution in [3.05, 3.63) is 175 Å². The van der Waals surface area contributed by atoms with Gasteiger partial charge in [0.2, 0.25) is 0 Å². The van der Waals surface area contributed by atoms with E-state index in [2.05, 4.69) is 197 Å². The summed E-state index contributed by atoms with van der Waals surface area (Å²) in [7, 11) is 0. The molecule has 0 amide bonds. The average Bonchev–Trinajstić information content (AvgIpc) is 3.94. The van der Waals surface area contributed by atoms with Crippen LogP contribution < -0.4 is 5.22 Å². The van der Waals surface area contributed by atoms with Crippen LogP contribution in [0.2, 0.25) is 0 Å². The van der Waals surface area contributed by atoms with Crippen molar-refractivity contribution in [1.29, 1.82) is 0 Å². The molecule has 0 unspecified atom stereocenters. The lowest BCUT2D eigenvalue weighted by Gasteiger charge is -2.13. The Kier molecular flexibility index (Phi) is 5.85. The third-order valence-electron chi connectivity index (χ3n) is 11.9. The zero-order valence-corrected chi connectivity index (χ0v) is 29.7. The van der Waals surface area contributed by atoms with Gasteiger partial charge in [-0.25, -0.2) is 0 Å². The maximum Gasteiger partial charge on any atom is 0.0617 e. The van der Waals surface area contributed by atoms with Crippen LogP contribution in [0, 0.1) is 0 Å². The van der Waals surface area contributed by atoms with Crippen LogP contribution >= 0.6 is 0 Å². The van der Waals surface area contributed by atoms with Crippen LogP contribution in [0.5, 0.6) is 0 Å². The zero-order valence-electron chi connectivity index (χ0n) is 29.7. The Balaban J connectivity index is 1.18. The number of aromatic nitrogens is 3. The van der Waals surface area contributed by atoms with E-state index in [0.717, 1.165) is 5.69 Å². The fraction of sp³-hybridized carbons (Fsp3) is 0.0196. The van der Waals surface area contributed by atoms with E-state index in [1.807, 2.05) is 0 Å². The van der Waals surface area contributed by atoms with Crippen molar-refractivity contribution in [3.63, 3.8) is 0 Å². The van der Waals surface area contributed by atoms with E-state index in [1.165, 1.54) is 109 Å². The van der Waals surface area contributed by atoms with Crippen molar-refractivity contribution in [3.8, 4) is 11.4 Å². The van der Waals surface area contributed by atoms with Gasteiger partial charge in [0.15, 0.2) is 0 Å². The summed E-state index contributed by atoms with van der Waals surface area (Å²) >= 11 is 0. The van der Waals surface area contributed by atoms with Gasteiger partial charge in [0.05, 0.1) is 44.3 Å². The van der Waals surface area contributed by atoms with E-state index >= 15 is 0 Å². The summed E-state index contributed by atoms with van der Waals surface area (Å²) in [4.78, 5) is 0. The second-order valence-electron chi connectivity index (χ2n) is 14.5. The average molecular weight is 688 g/mol. The molecule has 0 N–H and O–H groups in total. The van der Waals surface area contributed by atoms with Gasteiger partial charge < -0.3 is 13.5 Å². The number of benzene rings is 8. The van der Waals surface area contributed by atoms with E-state index in [0.29, 0.717) is 0 Å². The topological polar surface area (TPSA) is 14.3 Å². The summed E-state index contributed by atoms with van der Waals surface area (Å²) in [6.45, 7) is 6.51. The number of hydrogen-bond donors (Lipinski definition) is 0. The predicted molar refractivity (Wildman–Crippen MR) is 232 cm³/mol. The molecule has 0 saturated carbocycles. The highest BCUT2D eigenvalue weighted by Crippen LogP contribution is 2.42. The number of rotatable bonds is 3.